The zero-order valence-electron chi connectivity index (χ0n) is 14.5. The highest BCUT2D eigenvalue weighted by Gasteiger charge is 2.09. The van der Waals surface area contributed by atoms with Gasteiger partial charge in [-0.15, -0.1) is 0 Å². The van der Waals surface area contributed by atoms with Gasteiger partial charge in [-0.05, 0) is 41.0 Å². The van der Waals surface area contributed by atoms with Gasteiger partial charge >= 0.3 is 0 Å². The van der Waals surface area contributed by atoms with Crippen molar-refractivity contribution in [2.45, 2.75) is 13.3 Å². The number of ether oxygens (including phenoxy) is 1. The third kappa shape index (κ3) is 4.60. The van der Waals surface area contributed by atoms with E-state index < -0.39 is 5.91 Å². The van der Waals surface area contributed by atoms with Crippen LogP contribution in [0.5, 0.6) is 5.75 Å². The predicted octanol–water partition coefficient (Wildman–Crippen LogP) is 2.92. The molecule has 0 fully saturated rings. The summed E-state index contributed by atoms with van der Waals surface area (Å²) in [4.78, 5) is 23.9. The summed E-state index contributed by atoms with van der Waals surface area (Å²) in [6.07, 6.45) is 0.181. The van der Waals surface area contributed by atoms with Crippen LogP contribution >= 0.6 is 0 Å². The summed E-state index contributed by atoms with van der Waals surface area (Å²) < 4.78 is 5.39. The van der Waals surface area contributed by atoms with E-state index in [-0.39, 0.29) is 18.9 Å². The average Bonchev–Trinajstić information content (AvgIpc) is 2.65. The van der Waals surface area contributed by atoms with Gasteiger partial charge in [0.25, 0.3) is 5.91 Å². The Morgan fingerprint density at radius 1 is 0.885 bits per heavy atom. The highest BCUT2D eigenvalue weighted by molar-refractivity contribution is 5.91. The molecule has 0 aromatic heterocycles. The van der Waals surface area contributed by atoms with Gasteiger partial charge < -0.3 is 4.74 Å². The van der Waals surface area contributed by atoms with Crippen LogP contribution in [0.4, 0.5) is 0 Å². The molecule has 2 N–H and O–H groups in total. The Balaban J connectivity index is 1.50. The number of amides is 2. The Morgan fingerprint density at radius 3 is 2.46 bits per heavy atom. The number of hydrogen-bond acceptors (Lipinski definition) is 3. The maximum Gasteiger partial charge on any atom is 0.276 e. The Morgan fingerprint density at radius 2 is 1.62 bits per heavy atom. The lowest BCUT2D eigenvalue weighted by molar-refractivity contribution is -0.129. The lowest BCUT2D eigenvalue weighted by Gasteiger charge is -2.10. The highest BCUT2D eigenvalue weighted by Crippen LogP contribution is 2.18. The summed E-state index contributed by atoms with van der Waals surface area (Å²) in [6.45, 7) is 1.78. The van der Waals surface area contributed by atoms with E-state index in [0.717, 1.165) is 21.9 Å². The van der Waals surface area contributed by atoms with E-state index in [4.69, 9.17) is 4.74 Å². The van der Waals surface area contributed by atoms with Gasteiger partial charge in [0.05, 0.1) is 6.42 Å². The topological polar surface area (TPSA) is 67.4 Å². The molecule has 0 saturated heterocycles. The Kier molecular flexibility index (Phi) is 5.49. The number of fused-ring (bicyclic) bond motifs is 1. The van der Waals surface area contributed by atoms with E-state index in [9.17, 15) is 9.59 Å². The molecule has 0 heterocycles. The summed E-state index contributed by atoms with van der Waals surface area (Å²) in [5.74, 6) is -0.0923. The second kappa shape index (κ2) is 8.16. The van der Waals surface area contributed by atoms with E-state index >= 15 is 0 Å². The van der Waals surface area contributed by atoms with Crippen molar-refractivity contribution in [3.8, 4) is 5.75 Å². The minimum absolute atomic E-state index is 0.169. The molecule has 3 rings (SSSR count). The van der Waals surface area contributed by atoms with Crippen molar-refractivity contribution < 1.29 is 14.3 Å². The summed E-state index contributed by atoms with van der Waals surface area (Å²) in [5.41, 5.74) is 6.75. The SMILES string of the molecule is Cc1cccc(OCC(=O)NNC(=O)Cc2cccc3ccccc23)c1. The molecule has 0 spiro atoms. The van der Waals surface area contributed by atoms with Gasteiger partial charge in [0, 0.05) is 0 Å². The molecule has 0 aliphatic carbocycles. The number of carbonyl (C=O) groups is 2. The largest absolute Gasteiger partial charge is 0.484 e. The molecule has 26 heavy (non-hydrogen) atoms. The van der Waals surface area contributed by atoms with Gasteiger partial charge in [0.2, 0.25) is 5.91 Å². The number of hydrazine groups is 1. The molecule has 0 atom stereocenters. The fourth-order valence-electron chi connectivity index (χ4n) is 2.69. The van der Waals surface area contributed by atoms with Crippen molar-refractivity contribution in [2.75, 3.05) is 6.61 Å². The molecule has 0 bridgehead atoms. The maximum atomic E-state index is 12.1. The first-order valence-corrected chi connectivity index (χ1v) is 8.35. The van der Waals surface area contributed by atoms with Crippen molar-refractivity contribution >= 4 is 22.6 Å². The molecule has 0 unspecified atom stereocenters. The first kappa shape index (κ1) is 17.5. The molecule has 2 amide bonds. The van der Waals surface area contributed by atoms with Crippen LogP contribution in [0.2, 0.25) is 0 Å². The molecule has 0 aliphatic heterocycles. The van der Waals surface area contributed by atoms with Gasteiger partial charge in [0.1, 0.15) is 5.75 Å². The predicted molar refractivity (Wildman–Crippen MR) is 101 cm³/mol. The third-order valence-electron chi connectivity index (χ3n) is 3.93. The highest BCUT2D eigenvalue weighted by atomic mass is 16.5. The van der Waals surface area contributed by atoms with Gasteiger partial charge in [0.15, 0.2) is 6.61 Å². The smallest absolute Gasteiger partial charge is 0.276 e. The summed E-state index contributed by atoms with van der Waals surface area (Å²) in [6, 6.07) is 21.1. The van der Waals surface area contributed by atoms with Gasteiger partial charge in [-0.25, -0.2) is 0 Å². The van der Waals surface area contributed by atoms with Crippen LogP contribution in [0.1, 0.15) is 11.1 Å². The molecule has 3 aromatic rings. The minimum atomic E-state index is -0.419. The molecule has 0 saturated carbocycles. The van der Waals surface area contributed by atoms with Crippen LogP contribution < -0.4 is 15.6 Å². The van der Waals surface area contributed by atoms with Crippen molar-refractivity contribution in [1.82, 2.24) is 10.9 Å². The van der Waals surface area contributed by atoms with Crippen LogP contribution in [0.3, 0.4) is 0 Å². The summed E-state index contributed by atoms with van der Waals surface area (Å²) in [5, 5.41) is 2.10. The van der Waals surface area contributed by atoms with Crippen LogP contribution in [0, 0.1) is 6.92 Å². The molecule has 132 valence electrons. The molecule has 5 heteroatoms. The number of hydrogen-bond donors (Lipinski definition) is 2. The monoisotopic (exact) mass is 348 g/mol. The van der Waals surface area contributed by atoms with Crippen molar-refractivity contribution in [1.29, 1.82) is 0 Å². The molecular formula is C21H20N2O3. The van der Waals surface area contributed by atoms with Crippen molar-refractivity contribution in [3.05, 3.63) is 77.9 Å². The second-order valence-electron chi connectivity index (χ2n) is 6.02. The lowest BCUT2D eigenvalue weighted by atomic mass is 10.0. The van der Waals surface area contributed by atoms with Gasteiger partial charge in [-0.3, -0.25) is 20.4 Å². The van der Waals surface area contributed by atoms with E-state index in [2.05, 4.69) is 10.9 Å². The Hall–Kier alpha value is -3.34. The summed E-state index contributed by atoms with van der Waals surface area (Å²) >= 11 is 0. The first-order valence-electron chi connectivity index (χ1n) is 8.35. The quantitative estimate of drug-likeness (QED) is 0.697. The number of carbonyl (C=O) groups excluding carboxylic acids is 2. The first-order chi connectivity index (χ1) is 12.6. The zero-order valence-corrected chi connectivity index (χ0v) is 14.5. The Labute approximate surface area is 152 Å². The molecule has 0 aliphatic rings. The maximum absolute atomic E-state index is 12.1. The normalized spacial score (nSPS) is 10.3. The number of nitrogens with one attached hydrogen (secondary N) is 2. The number of rotatable bonds is 5. The van der Waals surface area contributed by atoms with E-state index in [0.29, 0.717) is 5.75 Å². The third-order valence-corrected chi connectivity index (χ3v) is 3.93. The number of aryl methyl sites for hydroxylation is 1. The van der Waals surface area contributed by atoms with Crippen LogP contribution in [0.25, 0.3) is 10.8 Å². The second-order valence-corrected chi connectivity index (χ2v) is 6.02. The van der Waals surface area contributed by atoms with Gasteiger partial charge in [-0.2, -0.15) is 0 Å². The molecule has 0 radical (unpaired) electrons. The van der Waals surface area contributed by atoms with Crippen molar-refractivity contribution in [3.63, 3.8) is 0 Å². The van der Waals surface area contributed by atoms with E-state index in [1.54, 1.807) is 6.07 Å². The number of benzene rings is 3. The molecule has 3 aromatic carbocycles. The minimum Gasteiger partial charge on any atom is -0.484 e. The summed E-state index contributed by atoms with van der Waals surface area (Å²) in [7, 11) is 0. The van der Waals surface area contributed by atoms with Crippen LogP contribution in [0.15, 0.2) is 66.7 Å². The van der Waals surface area contributed by atoms with Crippen LogP contribution in [-0.4, -0.2) is 18.4 Å². The molecular weight excluding hydrogens is 328 g/mol. The van der Waals surface area contributed by atoms with Gasteiger partial charge in [-0.1, -0.05) is 54.6 Å². The fourth-order valence-corrected chi connectivity index (χ4v) is 2.69. The van der Waals surface area contributed by atoms with E-state index in [1.165, 1.54) is 0 Å². The average molecular weight is 348 g/mol. The Bertz CT molecular complexity index is 932. The fraction of sp³-hybridized carbons (Fsp3) is 0.143. The van der Waals surface area contributed by atoms with Crippen LogP contribution in [-0.2, 0) is 16.0 Å². The standard InChI is InChI=1S/C21H20N2O3/c1-15-6-4-10-18(12-15)26-14-21(25)23-22-20(24)13-17-9-5-8-16-7-2-3-11-19(16)17/h2-12H,13-14H2,1H3,(H,22,24)(H,23,25). The lowest BCUT2D eigenvalue weighted by Crippen LogP contribution is -2.44. The zero-order chi connectivity index (χ0) is 18.4. The van der Waals surface area contributed by atoms with Crippen molar-refractivity contribution in [2.24, 2.45) is 0 Å². The molecule has 5 nitrogen and oxygen atoms in total. The van der Waals surface area contributed by atoms with E-state index in [1.807, 2.05) is 67.6 Å².